The van der Waals surface area contributed by atoms with Crippen LogP contribution < -0.4 is 9.47 Å². The molecular formula is C31H34N2O5. The van der Waals surface area contributed by atoms with Crippen molar-refractivity contribution in [2.45, 2.75) is 52.1 Å². The van der Waals surface area contributed by atoms with Crippen LogP contribution in [0.15, 0.2) is 78.6 Å². The highest BCUT2D eigenvalue weighted by Gasteiger charge is 2.46. The third-order valence-electron chi connectivity index (χ3n) is 6.43. The van der Waals surface area contributed by atoms with E-state index in [1.165, 1.54) is 4.90 Å². The van der Waals surface area contributed by atoms with Crippen molar-refractivity contribution in [1.82, 2.24) is 9.88 Å². The van der Waals surface area contributed by atoms with Crippen molar-refractivity contribution in [2.75, 3.05) is 13.2 Å². The first-order valence-electron chi connectivity index (χ1n) is 13.2. The Kier molecular flexibility index (Phi) is 9.14. The third kappa shape index (κ3) is 6.22. The highest BCUT2D eigenvalue weighted by molar-refractivity contribution is 6.46. The minimum Gasteiger partial charge on any atom is -0.507 e. The lowest BCUT2D eigenvalue weighted by Gasteiger charge is -2.26. The van der Waals surface area contributed by atoms with E-state index in [1.54, 1.807) is 48.8 Å². The molecule has 1 N–H and O–H groups in total. The number of rotatable bonds is 12. The van der Waals surface area contributed by atoms with Gasteiger partial charge in [-0.3, -0.25) is 14.6 Å². The van der Waals surface area contributed by atoms with Crippen LogP contribution in [0.4, 0.5) is 0 Å². The largest absolute Gasteiger partial charge is 0.507 e. The molecule has 1 aliphatic rings. The van der Waals surface area contributed by atoms with Crippen LogP contribution >= 0.6 is 0 Å². The Balaban J connectivity index is 1.73. The number of ether oxygens (including phenoxy) is 2. The Morgan fingerprint density at radius 2 is 1.63 bits per heavy atom. The highest BCUT2D eigenvalue weighted by atomic mass is 16.5. The van der Waals surface area contributed by atoms with Gasteiger partial charge in [0.05, 0.1) is 24.8 Å². The molecule has 2 heterocycles. The number of carbonyl (C=O) groups is 2. The summed E-state index contributed by atoms with van der Waals surface area (Å²) in [7, 11) is 0. The summed E-state index contributed by atoms with van der Waals surface area (Å²) in [5.41, 5.74) is 2.01. The third-order valence-corrected chi connectivity index (χ3v) is 6.43. The summed E-state index contributed by atoms with van der Waals surface area (Å²) in [6, 6.07) is 17.1. The van der Waals surface area contributed by atoms with E-state index in [0.717, 1.165) is 31.2 Å². The molecule has 4 rings (SSSR count). The van der Waals surface area contributed by atoms with Crippen molar-refractivity contribution < 1.29 is 24.2 Å². The minimum absolute atomic E-state index is 0.0504. The van der Waals surface area contributed by atoms with Gasteiger partial charge in [0.2, 0.25) is 0 Å². The first-order valence-corrected chi connectivity index (χ1v) is 13.2. The lowest BCUT2D eigenvalue weighted by atomic mass is 9.95. The summed E-state index contributed by atoms with van der Waals surface area (Å²) < 4.78 is 11.6. The summed E-state index contributed by atoms with van der Waals surface area (Å²) in [5.74, 6) is -0.272. The number of aliphatic hydroxyl groups is 1. The summed E-state index contributed by atoms with van der Waals surface area (Å²) in [5, 5.41) is 11.4. The fraction of sp³-hybridized carbons (Fsp3) is 0.323. The zero-order chi connectivity index (χ0) is 26.9. The number of carbonyl (C=O) groups excluding carboxylic acids is 2. The maximum absolute atomic E-state index is 13.4. The molecule has 38 heavy (non-hydrogen) atoms. The molecule has 1 aromatic heterocycles. The first kappa shape index (κ1) is 26.9. The van der Waals surface area contributed by atoms with E-state index in [9.17, 15) is 14.7 Å². The fourth-order valence-corrected chi connectivity index (χ4v) is 4.48. The topological polar surface area (TPSA) is 89.0 Å². The molecule has 0 bridgehead atoms. The second-order valence-electron chi connectivity index (χ2n) is 9.28. The molecule has 3 aromatic rings. The van der Waals surface area contributed by atoms with Gasteiger partial charge in [0, 0.05) is 24.5 Å². The summed E-state index contributed by atoms with van der Waals surface area (Å²) in [6.07, 6.45) is 7.29. The van der Waals surface area contributed by atoms with Gasteiger partial charge < -0.3 is 19.5 Å². The van der Waals surface area contributed by atoms with E-state index in [1.807, 2.05) is 31.2 Å². The van der Waals surface area contributed by atoms with Crippen LogP contribution in [0.5, 0.6) is 11.5 Å². The molecule has 0 aliphatic carbocycles. The quantitative estimate of drug-likeness (QED) is 0.137. The molecule has 1 saturated heterocycles. The predicted molar refractivity (Wildman–Crippen MR) is 146 cm³/mol. The number of aromatic nitrogens is 1. The van der Waals surface area contributed by atoms with Gasteiger partial charge in [-0.15, -0.1) is 0 Å². The van der Waals surface area contributed by atoms with Gasteiger partial charge in [0.1, 0.15) is 17.3 Å². The molecule has 1 atom stereocenters. The maximum atomic E-state index is 13.4. The minimum atomic E-state index is -0.779. The van der Waals surface area contributed by atoms with Crippen LogP contribution in [0, 0.1) is 0 Å². The highest BCUT2D eigenvalue weighted by Crippen LogP contribution is 2.41. The van der Waals surface area contributed by atoms with Crippen molar-refractivity contribution >= 4 is 17.4 Å². The normalized spacial score (nSPS) is 16.6. The van der Waals surface area contributed by atoms with E-state index in [2.05, 4.69) is 11.9 Å². The molecule has 0 spiro atoms. The molecular weight excluding hydrogens is 480 g/mol. The molecule has 0 radical (unpaired) electrons. The number of aliphatic hydroxyl groups excluding tert-OH is 1. The van der Waals surface area contributed by atoms with Crippen molar-refractivity contribution in [3.8, 4) is 11.5 Å². The van der Waals surface area contributed by atoms with Gasteiger partial charge in [-0.25, -0.2) is 0 Å². The Morgan fingerprint density at radius 1 is 0.895 bits per heavy atom. The van der Waals surface area contributed by atoms with Crippen molar-refractivity contribution in [3.05, 3.63) is 95.3 Å². The molecule has 198 valence electrons. The lowest BCUT2D eigenvalue weighted by molar-refractivity contribution is -0.140. The number of unbranched alkanes of at least 4 members (excludes halogenated alkanes) is 2. The average Bonchev–Trinajstić information content (AvgIpc) is 3.20. The summed E-state index contributed by atoms with van der Waals surface area (Å²) in [4.78, 5) is 32.2. The zero-order valence-electron chi connectivity index (χ0n) is 21.9. The van der Waals surface area contributed by atoms with Crippen molar-refractivity contribution in [2.24, 2.45) is 0 Å². The van der Waals surface area contributed by atoms with Gasteiger partial charge in [-0.2, -0.15) is 0 Å². The molecule has 7 heteroatoms. The smallest absolute Gasteiger partial charge is 0.295 e. The SMILES string of the molecule is CCCCCOc1cccc(C2/C(=C(\O)c3ccc(OCCC)cc3)C(=O)C(=O)N2Cc2ccncc2)c1. The molecule has 2 aromatic carbocycles. The van der Waals surface area contributed by atoms with Crippen LogP contribution in [0.2, 0.25) is 0 Å². The Labute approximate surface area is 223 Å². The molecule has 1 fully saturated rings. The standard InChI is InChI=1S/C31H34N2O5/c1-3-5-6-19-38-26-9-7-8-24(20-26)28-27(29(34)23-10-12-25(13-11-23)37-18-4-2)30(35)31(36)33(28)21-22-14-16-32-17-15-22/h7-17,20,28,34H,3-6,18-19,21H2,1-2H3/b29-27+. The number of hydrogen-bond donors (Lipinski definition) is 1. The second kappa shape index (κ2) is 12.9. The maximum Gasteiger partial charge on any atom is 0.295 e. The number of hydrogen-bond acceptors (Lipinski definition) is 6. The molecule has 1 unspecified atom stereocenters. The van der Waals surface area contributed by atoms with Crippen molar-refractivity contribution in [3.63, 3.8) is 0 Å². The Morgan fingerprint density at radius 3 is 2.34 bits per heavy atom. The second-order valence-corrected chi connectivity index (χ2v) is 9.28. The number of nitrogens with zero attached hydrogens (tertiary/aromatic N) is 2. The Bertz CT molecular complexity index is 1270. The van der Waals surface area contributed by atoms with E-state index in [-0.39, 0.29) is 17.9 Å². The van der Waals surface area contributed by atoms with Gasteiger partial charge in [0.25, 0.3) is 11.7 Å². The van der Waals surface area contributed by atoms with Crippen LogP contribution in [0.25, 0.3) is 5.76 Å². The van der Waals surface area contributed by atoms with Gasteiger partial charge in [-0.05, 0) is 72.5 Å². The average molecular weight is 515 g/mol. The van der Waals surface area contributed by atoms with Crippen LogP contribution in [-0.4, -0.2) is 39.9 Å². The molecule has 7 nitrogen and oxygen atoms in total. The fourth-order valence-electron chi connectivity index (χ4n) is 4.48. The summed E-state index contributed by atoms with van der Waals surface area (Å²) >= 11 is 0. The van der Waals surface area contributed by atoms with Gasteiger partial charge in [0.15, 0.2) is 0 Å². The number of amides is 1. The first-order chi connectivity index (χ1) is 18.5. The molecule has 0 saturated carbocycles. The predicted octanol–water partition coefficient (Wildman–Crippen LogP) is 6.06. The van der Waals surface area contributed by atoms with E-state index >= 15 is 0 Å². The monoisotopic (exact) mass is 514 g/mol. The number of pyridine rings is 1. The van der Waals surface area contributed by atoms with Crippen molar-refractivity contribution in [1.29, 1.82) is 0 Å². The van der Waals surface area contributed by atoms with Gasteiger partial charge >= 0.3 is 0 Å². The zero-order valence-corrected chi connectivity index (χ0v) is 21.9. The number of likely N-dealkylation sites (tertiary alicyclic amines) is 1. The summed E-state index contributed by atoms with van der Waals surface area (Å²) in [6.45, 7) is 5.53. The van der Waals surface area contributed by atoms with Crippen LogP contribution in [0.3, 0.4) is 0 Å². The Hall–Kier alpha value is -4.13. The lowest BCUT2D eigenvalue weighted by Crippen LogP contribution is -2.29. The van der Waals surface area contributed by atoms with Crippen LogP contribution in [0.1, 0.15) is 62.3 Å². The number of Topliss-reactive ketones (excluding diaryl/α,β-unsaturated/α-hetero) is 1. The number of ketones is 1. The van der Waals surface area contributed by atoms with E-state index in [0.29, 0.717) is 35.8 Å². The van der Waals surface area contributed by atoms with E-state index in [4.69, 9.17) is 9.47 Å². The molecule has 1 amide bonds. The number of benzene rings is 2. The van der Waals surface area contributed by atoms with E-state index < -0.39 is 17.7 Å². The van der Waals surface area contributed by atoms with Crippen LogP contribution in [-0.2, 0) is 16.1 Å². The molecule has 1 aliphatic heterocycles. The van der Waals surface area contributed by atoms with Gasteiger partial charge in [-0.1, -0.05) is 38.8 Å².